The molecule has 1 N–H and O–H groups in total. The van der Waals surface area contributed by atoms with Crippen molar-refractivity contribution < 1.29 is 9.53 Å². The number of nitrogens with one attached hydrogen (secondary N) is 1. The summed E-state index contributed by atoms with van der Waals surface area (Å²) in [7, 11) is 0. The van der Waals surface area contributed by atoms with E-state index in [0.717, 1.165) is 26.1 Å². The van der Waals surface area contributed by atoms with Gasteiger partial charge in [-0.05, 0) is 73.1 Å². The zero-order valence-electron chi connectivity index (χ0n) is 15.2. The van der Waals surface area contributed by atoms with Gasteiger partial charge in [0.1, 0.15) is 5.60 Å². The summed E-state index contributed by atoms with van der Waals surface area (Å²) < 4.78 is 5.42. The molecule has 130 valence electrons. The first-order chi connectivity index (χ1) is 10.4. The average molecular weight is 313 g/mol. The molecule has 1 amide bonds. The summed E-state index contributed by atoms with van der Waals surface area (Å²) >= 11 is 0. The van der Waals surface area contributed by atoms with Gasteiger partial charge in [-0.1, -0.05) is 6.92 Å². The van der Waals surface area contributed by atoms with Gasteiger partial charge in [-0.15, -0.1) is 0 Å². The van der Waals surface area contributed by atoms with E-state index < -0.39 is 5.60 Å². The van der Waals surface area contributed by atoms with Crippen LogP contribution in [0.1, 0.15) is 53.9 Å². The molecule has 0 bridgehead atoms. The molecule has 0 spiro atoms. The number of carbonyl (C=O) groups is 1. The lowest BCUT2D eigenvalue weighted by Crippen LogP contribution is -2.43. The van der Waals surface area contributed by atoms with Crippen molar-refractivity contribution in [2.45, 2.75) is 65.5 Å². The van der Waals surface area contributed by atoms with Crippen molar-refractivity contribution >= 4 is 6.09 Å². The van der Waals surface area contributed by atoms with Crippen LogP contribution in [0.2, 0.25) is 0 Å². The summed E-state index contributed by atoms with van der Waals surface area (Å²) in [4.78, 5) is 16.3. The minimum atomic E-state index is -0.421. The highest BCUT2D eigenvalue weighted by molar-refractivity contribution is 5.68. The van der Waals surface area contributed by atoms with Gasteiger partial charge >= 0.3 is 6.09 Å². The van der Waals surface area contributed by atoms with E-state index in [4.69, 9.17) is 4.74 Å². The Morgan fingerprint density at radius 3 is 2.41 bits per heavy atom. The Balaban J connectivity index is 2.18. The first kappa shape index (κ1) is 19.2. The number of likely N-dealkylation sites (tertiary alicyclic amines) is 1. The molecule has 1 heterocycles. The third kappa shape index (κ3) is 7.45. The van der Waals surface area contributed by atoms with E-state index in [-0.39, 0.29) is 6.09 Å². The van der Waals surface area contributed by atoms with Crippen LogP contribution < -0.4 is 5.32 Å². The Hall–Kier alpha value is -0.810. The van der Waals surface area contributed by atoms with E-state index in [0.29, 0.717) is 12.6 Å². The molecule has 0 aromatic rings. The van der Waals surface area contributed by atoms with E-state index in [1.54, 1.807) is 4.90 Å². The number of hydrogen-bond acceptors (Lipinski definition) is 4. The fraction of sp³-hybridized carbons (Fsp3) is 0.941. The van der Waals surface area contributed by atoms with Crippen molar-refractivity contribution in [3.8, 4) is 0 Å². The van der Waals surface area contributed by atoms with Gasteiger partial charge in [-0.3, -0.25) is 0 Å². The normalized spacial score (nSPS) is 17.5. The summed E-state index contributed by atoms with van der Waals surface area (Å²) in [6.07, 6.45) is 3.24. The molecule has 0 radical (unpaired) electrons. The molecule has 5 nitrogen and oxygen atoms in total. The standard InChI is InChI=1S/C17H35N3O2/c1-6-19-13-9-15(10-14-19)18-11-8-12-20(7-2)16(21)22-17(3,4)5/h15,18H,6-14H2,1-5H3. The summed E-state index contributed by atoms with van der Waals surface area (Å²) in [5.74, 6) is 0. The largest absolute Gasteiger partial charge is 0.444 e. The SMILES string of the molecule is CCN1CCC(NCCCN(CC)C(=O)OC(C)(C)C)CC1. The highest BCUT2D eigenvalue weighted by atomic mass is 16.6. The maximum Gasteiger partial charge on any atom is 0.410 e. The van der Waals surface area contributed by atoms with Crippen LogP contribution in [0.4, 0.5) is 4.79 Å². The van der Waals surface area contributed by atoms with Crippen LogP contribution >= 0.6 is 0 Å². The first-order valence-electron chi connectivity index (χ1n) is 8.79. The molecular formula is C17H35N3O2. The molecule has 1 aliphatic rings. The molecule has 22 heavy (non-hydrogen) atoms. The predicted octanol–water partition coefficient (Wildman–Crippen LogP) is 2.71. The Kier molecular flexibility index (Phi) is 8.18. The predicted molar refractivity (Wildman–Crippen MR) is 91.2 cm³/mol. The number of hydrogen-bond donors (Lipinski definition) is 1. The lowest BCUT2D eigenvalue weighted by Gasteiger charge is -2.32. The molecule has 0 unspecified atom stereocenters. The number of piperidine rings is 1. The van der Waals surface area contributed by atoms with Crippen LogP contribution in [-0.4, -0.2) is 66.8 Å². The van der Waals surface area contributed by atoms with Gasteiger partial charge in [0.05, 0.1) is 0 Å². The van der Waals surface area contributed by atoms with Gasteiger partial charge in [0.2, 0.25) is 0 Å². The smallest absolute Gasteiger partial charge is 0.410 e. The fourth-order valence-electron chi connectivity index (χ4n) is 2.73. The summed E-state index contributed by atoms with van der Waals surface area (Å²) in [5.41, 5.74) is -0.421. The second kappa shape index (κ2) is 9.36. The highest BCUT2D eigenvalue weighted by Crippen LogP contribution is 2.11. The van der Waals surface area contributed by atoms with Crippen LogP contribution in [0.25, 0.3) is 0 Å². The fourth-order valence-corrected chi connectivity index (χ4v) is 2.73. The maximum absolute atomic E-state index is 12.0. The molecule has 5 heteroatoms. The summed E-state index contributed by atoms with van der Waals surface area (Å²) in [6, 6.07) is 0.638. The van der Waals surface area contributed by atoms with Gasteiger partial charge < -0.3 is 19.9 Å². The van der Waals surface area contributed by atoms with Crippen molar-refractivity contribution in [1.29, 1.82) is 0 Å². The molecule has 1 aliphatic heterocycles. The Labute approximate surface area is 136 Å². The zero-order chi connectivity index (χ0) is 16.6. The quantitative estimate of drug-likeness (QED) is 0.734. The molecule has 0 saturated carbocycles. The van der Waals surface area contributed by atoms with Gasteiger partial charge in [-0.25, -0.2) is 4.79 Å². The molecular weight excluding hydrogens is 278 g/mol. The summed E-state index contributed by atoms with van der Waals surface area (Å²) in [5, 5.41) is 3.63. The molecule has 0 atom stereocenters. The van der Waals surface area contributed by atoms with Crippen LogP contribution in [0.5, 0.6) is 0 Å². The lowest BCUT2D eigenvalue weighted by atomic mass is 10.1. The number of carbonyl (C=O) groups excluding carboxylic acids is 1. The first-order valence-corrected chi connectivity index (χ1v) is 8.79. The number of amides is 1. The third-order valence-electron chi connectivity index (χ3n) is 4.11. The topological polar surface area (TPSA) is 44.8 Å². The van der Waals surface area contributed by atoms with Crippen LogP contribution in [-0.2, 0) is 4.74 Å². The highest BCUT2D eigenvalue weighted by Gasteiger charge is 2.21. The van der Waals surface area contributed by atoms with E-state index in [9.17, 15) is 4.79 Å². The minimum absolute atomic E-state index is 0.203. The monoisotopic (exact) mass is 313 g/mol. The second-order valence-corrected chi connectivity index (χ2v) is 7.08. The molecule has 0 aromatic carbocycles. The Morgan fingerprint density at radius 1 is 1.27 bits per heavy atom. The molecule has 1 rings (SSSR count). The van der Waals surface area contributed by atoms with Crippen molar-refractivity contribution in [2.75, 3.05) is 39.3 Å². The molecule has 0 aliphatic carbocycles. The van der Waals surface area contributed by atoms with Crippen molar-refractivity contribution in [1.82, 2.24) is 15.1 Å². The second-order valence-electron chi connectivity index (χ2n) is 7.08. The van der Waals surface area contributed by atoms with Gasteiger partial charge in [-0.2, -0.15) is 0 Å². The van der Waals surface area contributed by atoms with E-state index in [1.165, 1.54) is 25.9 Å². The van der Waals surface area contributed by atoms with Gasteiger partial charge in [0.15, 0.2) is 0 Å². The van der Waals surface area contributed by atoms with Crippen LogP contribution in [0, 0.1) is 0 Å². The lowest BCUT2D eigenvalue weighted by molar-refractivity contribution is 0.0258. The van der Waals surface area contributed by atoms with Crippen molar-refractivity contribution in [3.63, 3.8) is 0 Å². The van der Waals surface area contributed by atoms with Crippen LogP contribution in [0.3, 0.4) is 0 Å². The molecule has 0 aromatic heterocycles. The minimum Gasteiger partial charge on any atom is -0.444 e. The third-order valence-corrected chi connectivity index (χ3v) is 4.11. The zero-order valence-corrected chi connectivity index (χ0v) is 15.2. The Bertz CT molecular complexity index is 320. The number of nitrogens with zero attached hydrogens (tertiary/aromatic N) is 2. The van der Waals surface area contributed by atoms with E-state index in [2.05, 4.69) is 17.1 Å². The molecule has 1 fully saturated rings. The average Bonchev–Trinajstić information content (AvgIpc) is 2.46. The maximum atomic E-state index is 12.0. The van der Waals surface area contributed by atoms with Gasteiger partial charge in [0, 0.05) is 19.1 Å². The van der Waals surface area contributed by atoms with E-state index in [1.807, 2.05) is 27.7 Å². The van der Waals surface area contributed by atoms with E-state index >= 15 is 0 Å². The summed E-state index contributed by atoms with van der Waals surface area (Å²) in [6.45, 7) is 15.9. The van der Waals surface area contributed by atoms with Crippen LogP contribution in [0.15, 0.2) is 0 Å². The molecule has 1 saturated heterocycles. The van der Waals surface area contributed by atoms with Crippen molar-refractivity contribution in [2.24, 2.45) is 0 Å². The Morgan fingerprint density at radius 2 is 1.91 bits per heavy atom. The number of rotatable bonds is 7. The van der Waals surface area contributed by atoms with Gasteiger partial charge in [0.25, 0.3) is 0 Å². The number of ether oxygens (including phenoxy) is 1. The van der Waals surface area contributed by atoms with Crippen molar-refractivity contribution in [3.05, 3.63) is 0 Å².